The van der Waals surface area contributed by atoms with Gasteiger partial charge in [0.2, 0.25) is 0 Å². The molecule has 0 radical (unpaired) electrons. The third kappa shape index (κ3) is 2.67. The van der Waals surface area contributed by atoms with E-state index in [9.17, 15) is 5.11 Å². The van der Waals surface area contributed by atoms with Crippen molar-refractivity contribution in [1.29, 1.82) is 0 Å². The van der Waals surface area contributed by atoms with E-state index >= 15 is 0 Å². The Morgan fingerprint density at radius 1 is 1.30 bits per heavy atom. The monoisotopic (exact) mass is 336 g/mol. The van der Waals surface area contributed by atoms with Crippen molar-refractivity contribution in [3.05, 3.63) is 51.3 Å². The quantitative estimate of drug-likeness (QED) is 0.918. The molecule has 0 aliphatic heterocycles. The minimum atomic E-state index is -1.07. The Morgan fingerprint density at radius 2 is 2.00 bits per heavy atom. The summed E-state index contributed by atoms with van der Waals surface area (Å²) in [4.78, 5) is 0. The highest BCUT2D eigenvalue weighted by atomic mass is 79.9. The molecule has 0 bridgehead atoms. The number of halogens is 1. The van der Waals surface area contributed by atoms with E-state index in [2.05, 4.69) is 41.8 Å². The van der Waals surface area contributed by atoms with Gasteiger partial charge in [-0.15, -0.1) is 0 Å². The van der Waals surface area contributed by atoms with Crippen LogP contribution in [0, 0.1) is 13.8 Å². The van der Waals surface area contributed by atoms with Crippen LogP contribution in [0.2, 0.25) is 0 Å². The third-order valence-electron chi connectivity index (χ3n) is 3.76. The summed E-state index contributed by atoms with van der Waals surface area (Å²) >= 11 is 3.51. The predicted octanol–water partition coefficient (Wildman–Crippen LogP) is 3.93. The molecule has 0 saturated heterocycles. The highest BCUT2D eigenvalue weighted by Gasteiger charge is 2.32. The van der Waals surface area contributed by atoms with E-state index in [1.54, 1.807) is 6.20 Å². The average Bonchev–Trinajstić information content (AvgIpc) is 2.75. The molecule has 4 heteroatoms. The van der Waals surface area contributed by atoms with Gasteiger partial charge in [0.1, 0.15) is 5.60 Å². The van der Waals surface area contributed by atoms with Gasteiger partial charge in [-0.05, 0) is 59.8 Å². The first kappa shape index (κ1) is 15.3. The molecule has 0 amide bonds. The summed E-state index contributed by atoms with van der Waals surface area (Å²) in [6.45, 7) is 8.86. The van der Waals surface area contributed by atoms with E-state index in [1.807, 2.05) is 29.8 Å². The molecular weight excluding hydrogens is 316 g/mol. The molecule has 0 spiro atoms. The van der Waals surface area contributed by atoms with Crippen molar-refractivity contribution >= 4 is 15.9 Å². The van der Waals surface area contributed by atoms with E-state index in [0.717, 1.165) is 28.7 Å². The molecule has 0 aliphatic carbocycles. The van der Waals surface area contributed by atoms with Crippen molar-refractivity contribution in [2.45, 2.75) is 46.3 Å². The lowest BCUT2D eigenvalue weighted by atomic mass is 9.90. The van der Waals surface area contributed by atoms with Crippen LogP contribution < -0.4 is 0 Å². The fourth-order valence-corrected chi connectivity index (χ4v) is 3.09. The molecule has 2 rings (SSSR count). The zero-order valence-corrected chi connectivity index (χ0v) is 14.0. The summed E-state index contributed by atoms with van der Waals surface area (Å²) in [5.74, 6) is 0. The zero-order chi connectivity index (χ0) is 14.9. The fourth-order valence-electron chi connectivity index (χ4n) is 2.41. The first-order valence-electron chi connectivity index (χ1n) is 6.89. The minimum absolute atomic E-state index is 0.794. The molecule has 1 N–H and O–H groups in total. The number of nitrogens with zero attached hydrogens (tertiary/aromatic N) is 2. The average molecular weight is 337 g/mol. The van der Waals surface area contributed by atoms with Gasteiger partial charge in [0.25, 0.3) is 0 Å². The molecule has 1 unspecified atom stereocenters. The predicted molar refractivity (Wildman–Crippen MR) is 84.8 cm³/mol. The molecule has 1 aromatic heterocycles. The van der Waals surface area contributed by atoms with Gasteiger partial charge in [-0.25, -0.2) is 0 Å². The van der Waals surface area contributed by atoms with Gasteiger partial charge in [-0.2, -0.15) is 5.10 Å². The molecule has 20 heavy (non-hydrogen) atoms. The summed E-state index contributed by atoms with van der Waals surface area (Å²) < 4.78 is 2.72. The van der Waals surface area contributed by atoms with Gasteiger partial charge in [0, 0.05) is 6.54 Å². The Balaban J connectivity index is 2.53. The number of aromatic nitrogens is 2. The Hall–Kier alpha value is -1.13. The van der Waals surface area contributed by atoms with Crippen LogP contribution in [0.3, 0.4) is 0 Å². The van der Waals surface area contributed by atoms with Gasteiger partial charge < -0.3 is 5.11 Å². The van der Waals surface area contributed by atoms with E-state index in [-0.39, 0.29) is 0 Å². The smallest absolute Gasteiger partial charge is 0.129 e. The summed E-state index contributed by atoms with van der Waals surface area (Å²) in [6, 6.07) is 6.08. The molecule has 2 aromatic rings. The van der Waals surface area contributed by atoms with E-state index in [1.165, 1.54) is 11.1 Å². The van der Waals surface area contributed by atoms with Gasteiger partial charge in [0.05, 0.1) is 16.4 Å². The highest BCUT2D eigenvalue weighted by Crippen LogP contribution is 2.34. The van der Waals surface area contributed by atoms with Crippen molar-refractivity contribution in [2.24, 2.45) is 0 Å². The second-order valence-corrected chi connectivity index (χ2v) is 6.29. The number of benzene rings is 1. The molecule has 0 fully saturated rings. The van der Waals surface area contributed by atoms with Crippen LogP contribution in [0.15, 0.2) is 28.9 Å². The Kier molecular flexibility index (Phi) is 4.35. The van der Waals surface area contributed by atoms with Gasteiger partial charge in [0.15, 0.2) is 0 Å². The van der Waals surface area contributed by atoms with Crippen LogP contribution in [-0.2, 0) is 12.1 Å². The van der Waals surface area contributed by atoms with Gasteiger partial charge >= 0.3 is 0 Å². The molecule has 0 aliphatic rings. The Bertz CT molecular complexity index is 617. The summed E-state index contributed by atoms with van der Waals surface area (Å²) in [7, 11) is 0. The minimum Gasteiger partial charge on any atom is -0.379 e. The first-order chi connectivity index (χ1) is 9.37. The summed E-state index contributed by atoms with van der Waals surface area (Å²) in [6.07, 6.45) is 2.73. The van der Waals surface area contributed by atoms with Crippen molar-refractivity contribution < 1.29 is 5.11 Å². The molecule has 0 saturated carbocycles. The molecular formula is C16H21BrN2O. The topological polar surface area (TPSA) is 38.0 Å². The Labute approximate surface area is 128 Å². The number of hydrogen-bond acceptors (Lipinski definition) is 2. The maximum Gasteiger partial charge on any atom is 0.129 e. The van der Waals surface area contributed by atoms with Crippen LogP contribution in [0.25, 0.3) is 0 Å². The number of rotatable bonds is 4. The van der Waals surface area contributed by atoms with Gasteiger partial charge in [-0.1, -0.05) is 25.1 Å². The fraction of sp³-hybridized carbons (Fsp3) is 0.438. The molecule has 3 nitrogen and oxygen atoms in total. The van der Waals surface area contributed by atoms with Crippen molar-refractivity contribution in [3.63, 3.8) is 0 Å². The highest BCUT2D eigenvalue weighted by molar-refractivity contribution is 9.10. The van der Waals surface area contributed by atoms with E-state index in [4.69, 9.17) is 0 Å². The van der Waals surface area contributed by atoms with Crippen LogP contribution >= 0.6 is 15.9 Å². The standard InChI is InChI=1S/C16H21BrN2O/c1-5-8-19-15(14(17)10-18-19)16(4,20)13-7-6-11(2)12(3)9-13/h6-7,9-10,20H,5,8H2,1-4H3. The summed E-state index contributed by atoms with van der Waals surface area (Å²) in [5.41, 5.74) is 3.04. The molecule has 1 aromatic carbocycles. The maximum atomic E-state index is 11.1. The van der Waals surface area contributed by atoms with Crippen molar-refractivity contribution in [1.82, 2.24) is 9.78 Å². The van der Waals surface area contributed by atoms with E-state index in [0.29, 0.717) is 0 Å². The zero-order valence-electron chi connectivity index (χ0n) is 12.4. The molecule has 1 heterocycles. The second-order valence-electron chi connectivity index (χ2n) is 5.44. The maximum absolute atomic E-state index is 11.1. The number of aliphatic hydroxyl groups is 1. The normalized spacial score (nSPS) is 14.3. The molecule has 1 atom stereocenters. The lowest BCUT2D eigenvalue weighted by Gasteiger charge is -2.26. The Morgan fingerprint density at radius 3 is 2.60 bits per heavy atom. The lowest BCUT2D eigenvalue weighted by molar-refractivity contribution is 0.0905. The molecule has 108 valence electrons. The first-order valence-corrected chi connectivity index (χ1v) is 7.69. The van der Waals surface area contributed by atoms with Crippen molar-refractivity contribution in [3.8, 4) is 0 Å². The van der Waals surface area contributed by atoms with E-state index < -0.39 is 5.60 Å². The van der Waals surface area contributed by atoms with Crippen molar-refractivity contribution in [2.75, 3.05) is 0 Å². The largest absolute Gasteiger partial charge is 0.379 e. The second kappa shape index (κ2) is 5.70. The third-order valence-corrected chi connectivity index (χ3v) is 4.34. The van der Waals surface area contributed by atoms with Crippen LogP contribution in [0.5, 0.6) is 0 Å². The SMILES string of the molecule is CCCn1ncc(Br)c1C(C)(O)c1ccc(C)c(C)c1. The summed E-state index contributed by atoms with van der Waals surface area (Å²) in [5, 5.41) is 15.4. The van der Waals surface area contributed by atoms with Crippen LogP contribution in [0.4, 0.5) is 0 Å². The van der Waals surface area contributed by atoms with Gasteiger partial charge in [-0.3, -0.25) is 4.68 Å². The lowest BCUT2D eigenvalue weighted by Crippen LogP contribution is -2.27. The number of hydrogen-bond donors (Lipinski definition) is 1. The van der Waals surface area contributed by atoms with Crippen LogP contribution in [0.1, 0.15) is 42.7 Å². The number of aryl methyl sites for hydroxylation is 3. The van der Waals surface area contributed by atoms with Crippen LogP contribution in [-0.4, -0.2) is 14.9 Å².